The predicted molar refractivity (Wildman–Crippen MR) is 87.9 cm³/mol. The number of halogens is 1. The maximum atomic E-state index is 4.67. The molecule has 3 nitrogen and oxygen atoms in total. The highest BCUT2D eigenvalue weighted by molar-refractivity contribution is 9.10. The van der Waals surface area contributed by atoms with Gasteiger partial charge in [-0.3, -0.25) is 0 Å². The van der Waals surface area contributed by atoms with Crippen molar-refractivity contribution < 1.29 is 0 Å². The number of benzene rings is 1. The van der Waals surface area contributed by atoms with E-state index in [1.807, 2.05) is 18.2 Å². The molecular weight excluding hydrogens is 314 g/mol. The molecule has 0 aliphatic carbocycles. The Morgan fingerprint density at radius 3 is 2.65 bits per heavy atom. The predicted octanol–water partition coefficient (Wildman–Crippen LogP) is 4.68. The van der Waals surface area contributed by atoms with Crippen molar-refractivity contribution in [2.75, 3.05) is 11.9 Å². The molecular formula is C16H20BrN3. The number of aryl methyl sites for hydroxylation is 1. The summed E-state index contributed by atoms with van der Waals surface area (Å²) in [4.78, 5) is 9.25. The third-order valence-corrected chi connectivity index (χ3v) is 3.42. The first-order valence-electron chi connectivity index (χ1n) is 7.10. The highest BCUT2D eigenvalue weighted by Crippen LogP contribution is 2.23. The molecule has 0 unspecified atom stereocenters. The number of anilines is 1. The topological polar surface area (TPSA) is 37.8 Å². The van der Waals surface area contributed by atoms with Crippen LogP contribution in [0.15, 0.2) is 34.8 Å². The molecule has 106 valence electrons. The van der Waals surface area contributed by atoms with E-state index in [-0.39, 0.29) is 0 Å². The molecule has 1 N–H and O–H groups in total. The third kappa shape index (κ3) is 4.04. The molecule has 0 aliphatic heterocycles. The van der Waals surface area contributed by atoms with Gasteiger partial charge in [-0.15, -0.1) is 0 Å². The van der Waals surface area contributed by atoms with E-state index in [2.05, 4.69) is 57.2 Å². The SMILES string of the molecule is CCCNc1cc(-c2cccc(Br)c2)nc(CCC)n1. The van der Waals surface area contributed by atoms with Crippen molar-refractivity contribution in [3.05, 3.63) is 40.6 Å². The lowest BCUT2D eigenvalue weighted by atomic mass is 10.1. The van der Waals surface area contributed by atoms with Crippen molar-refractivity contribution >= 4 is 21.7 Å². The zero-order valence-corrected chi connectivity index (χ0v) is 13.6. The fourth-order valence-electron chi connectivity index (χ4n) is 1.97. The number of hydrogen-bond donors (Lipinski definition) is 1. The summed E-state index contributed by atoms with van der Waals surface area (Å²) in [5.41, 5.74) is 2.09. The molecule has 0 radical (unpaired) electrons. The zero-order chi connectivity index (χ0) is 14.4. The van der Waals surface area contributed by atoms with Crippen LogP contribution in [-0.4, -0.2) is 16.5 Å². The van der Waals surface area contributed by atoms with Crippen molar-refractivity contribution in [3.63, 3.8) is 0 Å². The van der Waals surface area contributed by atoms with Gasteiger partial charge in [0, 0.05) is 29.1 Å². The highest BCUT2D eigenvalue weighted by Gasteiger charge is 2.06. The van der Waals surface area contributed by atoms with Crippen LogP contribution in [0.1, 0.15) is 32.5 Å². The number of nitrogens with one attached hydrogen (secondary N) is 1. The summed E-state index contributed by atoms with van der Waals surface area (Å²) in [5.74, 6) is 1.82. The smallest absolute Gasteiger partial charge is 0.131 e. The van der Waals surface area contributed by atoms with Gasteiger partial charge < -0.3 is 5.32 Å². The van der Waals surface area contributed by atoms with Crippen LogP contribution in [0.5, 0.6) is 0 Å². The van der Waals surface area contributed by atoms with Crippen molar-refractivity contribution in [2.45, 2.75) is 33.1 Å². The van der Waals surface area contributed by atoms with E-state index < -0.39 is 0 Å². The van der Waals surface area contributed by atoms with E-state index >= 15 is 0 Å². The quantitative estimate of drug-likeness (QED) is 0.833. The Kier molecular flexibility index (Phi) is 5.53. The Balaban J connectivity index is 2.37. The monoisotopic (exact) mass is 333 g/mol. The summed E-state index contributed by atoms with van der Waals surface area (Å²) in [7, 11) is 0. The lowest BCUT2D eigenvalue weighted by Crippen LogP contribution is -2.06. The molecule has 4 heteroatoms. The average Bonchev–Trinajstić information content (AvgIpc) is 2.45. The Labute approximate surface area is 129 Å². The third-order valence-electron chi connectivity index (χ3n) is 2.92. The summed E-state index contributed by atoms with van der Waals surface area (Å²) in [6.45, 7) is 5.23. The number of nitrogens with zero attached hydrogens (tertiary/aromatic N) is 2. The van der Waals surface area contributed by atoms with Crippen molar-refractivity contribution in [3.8, 4) is 11.3 Å². The molecule has 0 saturated heterocycles. The van der Waals surface area contributed by atoms with Crippen LogP contribution in [0, 0.1) is 0 Å². The minimum Gasteiger partial charge on any atom is -0.370 e. The van der Waals surface area contributed by atoms with Gasteiger partial charge in [0.2, 0.25) is 0 Å². The van der Waals surface area contributed by atoms with Gasteiger partial charge in [0.05, 0.1) is 5.69 Å². The molecule has 0 bridgehead atoms. The summed E-state index contributed by atoms with van der Waals surface area (Å²) in [5, 5.41) is 3.36. The van der Waals surface area contributed by atoms with Crippen LogP contribution in [0.3, 0.4) is 0 Å². The van der Waals surface area contributed by atoms with Gasteiger partial charge in [0.15, 0.2) is 0 Å². The van der Waals surface area contributed by atoms with Gasteiger partial charge in [0.1, 0.15) is 11.6 Å². The maximum Gasteiger partial charge on any atom is 0.131 e. The standard InChI is InChI=1S/C16H20BrN3/c1-3-6-15-19-14(11-16(20-15)18-9-4-2)12-7-5-8-13(17)10-12/h5,7-8,10-11H,3-4,6,9H2,1-2H3,(H,18,19,20). The number of hydrogen-bond acceptors (Lipinski definition) is 3. The average molecular weight is 334 g/mol. The molecule has 0 aliphatic rings. The molecule has 0 atom stereocenters. The molecule has 0 saturated carbocycles. The zero-order valence-electron chi connectivity index (χ0n) is 12.0. The number of aromatic nitrogens is 2. The lowest BCUT2D eigenvalue weighted by Gasteiger charge is -2.09. The second-order valence-electron chi connectivity index (χ2n) is 4.74. The van der Waals surface area contributed by atoms with Gasteiger partial charge in [-0.1, -0.05) is 41.9 Å². The fraction of sp³-hybridized carbons (Fsp3) is 0.375. The van der Waals surface area contributed by atoms with Crippen LogP contribution >= 0.6 is 15.9 Å². The van der Waals surface area contributed by atoms with Gasteiger partial charge in [-0.05, 0) is 25.0 Å². The molecule has 2 rings (SSSR count). The first-order chi connectivity index (χ1) is 9.72. The van der Waals surface area contributed by atoms with E-state index in [1.54, 1.807) is 0 Å². The molecule has 1 aromatic carbocycles. The molecule has 0 amide bonds. The molecule has 1 heterocycles. The normalized spacial score (nSPS) is 10.6. The van der Waals surface area contributed by atoms with E-state index in [9.17, 15) is 0 Å². The largest absolute Gasteiger partial charge is 0.370 e. The summed E-state index contributed by atoms with van der Waals surface area (Å²) in [6.07, 6.45) is 3.04. The van der Waals surface area contributed by atoms with Gasteiger partial charge in [0.25, 0.3) is 0 Å². The van der Waals surface area contributed by atoms with Crippen LogP contribution in [0.2, 0.25) is 0 Å². The first-order valence-corrected chi connectivity index (χ1v) is 7.90. The maximum absolute atomic E-state index is 4.67. The van der Waals surface area contributed by atoms with Crippen LogP contribution < -0.4 is 5.32 Å². The Hall–Kier alpha value is -1.42. The summed E-state index contributed by atoms with van der Waals surface area (Å²) < 4.78 is 1.06. The van der Waals surface area contributed by atoms with Crippen LogP contribution in [0.4, 0.5) is 5.82 Å². The minimum absolute atomic E-state index is 0.905. The molecule has 0 spiro atoms. The highest BCUT2D eigenvalue weighted by atomic mass is 79.9. The van der Waals surface area contributed by atoms with Crippen molar-refractivity contribution in [1.29, 1.82) is 0 Å². The van der Waals surface area contributed by atoms with E-state index in [1.165, 1.54) is 0 Å². The fourth-order valence-corrected chi connectivity index (χ4v) is 2.37. The molecule has 1 aromatic heterocycles. The summed E-state index contributed by atoms with van der Waals surface area (Å²) in [6, 6.07) is 10.2. The van der Waals surface area contributed by atoms with Crippen molar-refractivity contribution in [1.82, 2.24) is 9.97 Å². The Morgan fingerprint density at radius 2 is 1.95 bits per heavy atom. The Bertz CT molecular complexity index is 569. The number of rotatable bonds is 6. The van der Waals surface area contributed by atoms with E-state index in [4.69, 9.17) is 0 Å². The minimum atomic E-state index is 0.905. The van der Waals surface area contributed by atoms with Crippen LogP contribution in [-0.2, 0) is 6.42 Å². The van der Waals surface area contributed by atoms with E-state index in [0.717, 1.165) is 53.2 Å². The molecule has 20 heavy (non-hydrogen) atoms. The second kappa shape index (κ2) is 7.39. The van der Waals surface area contributed by atoms with Gasteiger partial charge >= 0.3 is 0 Å². The first kappa shape index (κ1) is 15.0. The lowest BCUT2D eigenvalue weighted by molar-refractivity contribution is 0.834. The van der Waals surface area contributed by atoms with Crippen molar-refractivity contribution in [2.24, 2.45) is 0 Å². The van der Waals surface area contributed by atoms with Gasteiger partial charge in [-0.2, -0.15) is 0 Å². The summed E-state index contributed by atoms with van der Waals surface area (Å²) >= 11 is 3.51. The van der Waals surface area contributed by atoms with Crippen LogP contribution in [0.25, 0.3) is 11.3 Å². The Morgan fingerprint density at radius 1 is 1.10 bits per heavy atom. The van der Waals surface area contributed by atoms with Gasteiger partial charge in [-0.25, -0.2) is 9.97 Å². The molecule has 0 fully saturated rings. The molecule has 2 aromatic rings. The second-order valence-corrected chi connectivity index (χ2v) is 5.66. The van der Waals surface area contributed by atoms with E-state index in [0.29, 0.717) is 0 Å².